The van der Waals surface area contributed by atoms with Crippen LogP contribution < -0.4 is 5.32 Å². The van der Waals surface area contributed by atoms with Crippen LogP contribution in [0.2, 0.25) is 0 Å². The zero-order valence-electron chi connectivity index (χ0n) is 10.9. The molecule has 0 spiro atoms. The van der Waals surface area contributed by atoms with Gasteiger partial charge in [-0.05, 0) is 48.9 Å². The van der Waals surface area contributed by atoms with Gasteiger partial charge in [-0.2, -0.15) is 0 Å². The maximum atomic E-state index is 11.9. The van der Waals surface area contributed by atoms with Crippen LogP contribution in [0.15, 0.2) is 35.7 Å². The van der Waals surface area contributed by atoms with Crippen LogP contribution in [-0.4, -0.2) is 5.91 Å². The highest BCUT2D eigenvalue weighted by molar-refractivity contribution is 7.12. The lowest BCUT2D eigenvalue weighted by atomic mass is 10.0. The summed E-state index contributed by atoms with van der Waals surface area (Å²) in [5.74, 6) is -0.00396. The fourth-order valence-electron chi connectivity index (χ4n) is 1.79. The van der Waals surface area contributed by atoms with Crippen LogP contribution >= 0.6 is 11.3 Å². The van der Waals surface area contributed by atoms with E-state index in [-0.39, 0.29) is 11.9 Å². The number of thiophene rings is 1. The molecule has 18 heavy (non-hydrogen) atoms. The Labute approximate surface area is 112 Å². The second-order valence-corrected chi connectivity index (χ2v) is 5.46. The van der Waals surface area contributed by atoms with Crippen molar-refractivity contribution in [2.75, 3.05) is 0 Å². The minimum absolute atomic E-state index is 0.00396. The highest BCUT2D eigenvalue weighted by Gasteiger charge is 2.12. The normalized spacial score (nSPS) is 12.2. The molecule has 1 atom stereocenters. The van der Waals surface area contributed by atoms with Gasteiger partial charge in [0.25, 0.3) is 5.91 Å². The Morgan fingerprint density at radius 2 is 2.00 bits per heavy atom. The average Bonchev–Trinajstić information content (AvgIpc) is 2.86. The van der Waals surface area contributed by atoms with Gasteiger partial charge in [0.2, 0.25) is 0 Å². The summed E-state index contributed by atoms with van der Waals surface area (Å²) in [6.07, 6.45) is 0. The van der Waals surface area contributed by atoms with E-state index < -0.39 is 0 Å². The molecule has 1 heterocycles. The van der Waals surface area contributed by atoms with E-state index in [0.29, 0.717) is 0 Å². The molecule has 0 saturated heterocycles. The molecule has 1 aromatic carbocycles. The van der Waals surface area contributed by atoms with Gasteiger partial charge in [0.05, 0.1) is 10.9 Å². The van der Waals surface area contributed by atoms with E-state index >= 15 is 0 Å². The number of hydrogen-bond acceptors (Lipinski definition) is 2. The highest BCUT2D eigenvalue weighted by atomic mass is 32.1. The second kappa shape index (κ2) is 5.36. The van der Waals surface area contributed by atoms with Gasteiger partial charge in [-0.15, -0.1) is 11.3 Å². The molecule has 1 N–H and O–H groups in total. The molecule has 0 saturated carbocycles. The average molecular weight is 259 g/mol. The summed E-state index contributed by atoms with van der Waals surface area (Å²) in [4.78, 5) is 12.7. The third-order valence-corrected chi connectivity index (χ3v) is 3.99. The van der Waals surface area contributed by atoms with Gasteiger partial charge in [0.15, 0.2) is 0 Å². The fourth-order valence-corrected chi connectivity index (χ4v) is 2.42. The third kappa shape index (κ3) is 2.79. The van der Waals surface area contributed by atoms with Gasteiger partial charge >= 0.3 is 0 Å². The number of amides is 1. The van der Waals surface area contributed by atoms with E-state index in [1.54, 1.807) is 0 Å². The number of rotatable bonds is 3. The quantitative estimate of drug-likeness (QED) is 0.891. The molecule has 1 amide bonds. The molecule has 0 bridgehead atoms. The van der Waals surface area contributed by atoms with Gasteiger partial charge < -0.3 is 5.32 Å². The molecular formula is C15H17NOS. The summed E-state index contributed by atoms with van der Waals surface area (Å²) in [6.45, 7) is 6.19. The van der Waals surface area contributed by atoms with Crippen molar-refractivity contribution in [2.45, 2.75) is 26.8 Å². The molecule has 3 heteroatoms. The monoisotopic (exact) mass is 259 g/mol. The van der Waals surface area contributed by atoms with Gasteiger partial charge in [0, 0.05) is 0 Å². The first-order chi connectivity index (χ1) is 8.58. The fraction of sp³-hybridized carbons (Fsp3) is 0.267. The molecular weight excluding hydrogens is 242 g/mol. The molecule has 1 aromatic heterocycles. The first kappa shape index (κ1) is 12.8. The molecule has 94 valence electrons. The third-order valence-electron chi connectivity index (χ3n) is 3.12. The summed E-state index contributed by atoms with van der Waals surface area (Å²) in [5, 5.41) is 4.93. The molecule has 0 unspecified atom stereocenters. The number of hydrogen-bond donors (Lipinski definition) is 1. The summed E-state index contributed by atoms with van der Waals surface area (Å²) < 4.78 is 0. The molecule has 0 aliphatic heterocycles. The molecule has 2 nitrogen and oxygen atoms in total. The van der Waals surface area contributed by atoms with Gasteiger partial charge in [-0.25, -0.2) is 0 Å². The SMILES string of the molecule is Cc1ccc([C@@H](C)NC(=O)c2cccs2)cc1C. The van der Waals surface area contributed by atoms with Crippen molar-refractivity contribution in [3.8, 4) is 0 Å². The molecule has 2 rings (SSSR count). The summed E-state index contributed by atoms with van der Waals surface area (Å²) in [5.41, 5.74) is 3.67. The molecule has 0 fully saturated rings. The van der Waals surface area contributed by atoms with E-state index in [4.69, 9.17) is 0 Å². The number of carbonyl (C=O) groups is 1. The van der Waals surface area contributed by atoms with Crippen molar-refractivity contribution in [3.05, 3.63) is 57.3 Å². The minimum atomic E-state index is -0.00396. The summed E-state index contributed by atoms with van der Waals surface area (Å²) in [6, 6.07) is 10.1. The lowest BCUT2D eigenvalue weighted by Crippen LogP contribution is -2.25. The largest absolute Gasteiger partial charge is 0.345 e. The molecule has 0 aliphatic carbocycles. The summed E-state index contributed by atoms with van der Waals surface area (Å²) >= 11 is 1.46. The van der Waals surface area contributed by atoms with Crippen LogP contribution in [0.3, 0.4) is 0 Å². The Kier molecular flexibility index (Phi) is 3.82. The van der Waals surface area contributed by atoms with Gasteiger partial charge in [0.1, 0.15) is 0 Å². The van der Waals surface area contributed by atoms with E-state index in [9.17, 15) is 4.79 Å². The van der Waals surface area contributed by atoms with E-state index in [1.165, 1.54) is 22.5 Å². The second-order valence-electron chi connectivity index (χ2n) is 4.52. The summed E-state index contributed by atoms with van der Waals surface area (Å²) in [7, 11) is 0. The van der Waals surface area contributed by atoms with Gasteiger partial charge in [-0.1, -0.05) is 24.3 Å². The van der Waals surface area contributed by atoms with Crippen LogP contribution in [0.4, 0.5) is 0 Å². The van der Waals surface area contributed by atoms with Crippen LogP contribution in [-0.2, 0) is 0 Å². The van der Waals surface area contributed by atoms with Gasteiger partial charge in [-0.3, -0.25) is 4.79 Å². The van der Waals surface area contributed by atoms with Crippen molar-refractivity contribution in [3.63, 3.8) is 0 Å². The Hall–Kier alpha value is -1.61. The molecule has 0 radical (unpaired) electrons. The van der Waals surface area contributed by atoms with Crippen molar-refractivity contribution < 1.29 is 4.79 Å². The zero-order valence-corrected chi connectivity index (χ0v) is 11.7. The van der Waals surface area contributed by atoms with Crippen molar-refractivity contribution in [2.24, 2.45) is 0 Å². The smallest absolute Gasteiger partial charge is 0.261 e. The predicted octanol–water partition coefficient (Wildman–Crippen LogP) is 3.86. The zero-order chi connectivity index (χ0) is 13.1. The Morgan fingerprint density at radius 3 is 2.61 bits per heavy atom. The number of aryl methyl sites for hydroxylation is 2. The number of carbonyl (C=O) groups excluding carboxylic acids is 1. The van der Waals surface area contributed by atoms with E-state index in [0.717, 1.165) is 10.4 Å². The standard InChI is InChI=1S/C15H17NOS/c1-10-6-7-13(9-11(10)2)12(3)16-15(17)14-5-4-8-18-14/h4-9,12H,1-3H3,(H,16,17)/t12-/m1/s1. The lowest BCUT2D eigenvalue weighted by molar-refractivity contribution is 0.0944. The lowest BCUT2D eigenvalue weighted by Gasteiger charge is -2.15. The first-order valence-electron chi connectivity index (χ1n) is 5.99. The van der Waals surface area contributed by atoms with Crippen molar-refractivity contribution >= 4 is 17.2 Å². The van der Waals surface area contributed by atoms with Crippen LogP contribution in [0, 0.1) is 13.8 Å². The maximum absolute atomic E-state index is 11.9. The molecule has 0 aliphatic rings. The van der Waals surface area contributed by atoms with Crippen molar-refractivity contribution in [1.29, 1.82) is 0 Å². The topological polar surface area (TPSA) is 29.1 Å². The Balaban J connectivity index is 2.10. The Morgan fingerprint density at radius 1 is 1.22 bits per heavy atom. The van der Waals surface area contributed by atoms with E-state index in [2.05, 4.69) is 37.4 Å². The van der Waals surface area contributed by atoms with Crippen LogP contribution in [0.5, 0.6) is 0 Å². The highest BCUT2D eigenvalue weighted by Crippen LogP contribution is 2.18. The van der Waals surface area contributed by atoms with Crippen molar-refractivity contribution in [1.82, 2.24) is 5.32 Å². The number of benzene rings is 1. The number of nitrogens with one attached hydrogen (secondary N) is 1. The first-order valence-corrected chi connectivity index (χ1v) is 6.87. The van der Waals surface area contributed by atoms with E-state index in [1.807, 2.05) is 24.4 Å². The van der Waals surface area contributed by atoms with Crippen LogP contribution in [0.1, 0.15) is 39.3 Å². The predicted molar refractivity (Wildman–Crippen MR) is 76.1 cm³/mol. The molecule has 2 aromatic rings. The Bertz CT molecular complexity index is 546. The maximum Gasteiger partial charge on any atom is 0.261 e. The minimum Gasteiger partial charge on any atom is -0.345 e. The van der Waals surface area contributed by atoms with Crippen LogP contribution in [0.25, 0.3) is 0 Å².